The predicted molar refractivity (Wildman–Crippen MR) is 89.9 cm³/mol. The van der Waals surface area contributed by atoms with Crippen LogP contribution in [0.15, 0.2) is 53.1 Å². The van der Waals surface area contributed by atoms with Gasteiger partial charge >= 0.3 is 0 Å². The second-order valence-electron chi connectivity index (χ2n) is 6.28. The van der Waals surface area contributed by atoms with Crippen molar-refractivity contribution in [3.63, 3.8) is 0 Å². The fourth-order valence-electron chi connectivity index (χ4n) is 3.40. The Bertz CT molecular complexity index is 697. The molecule has 1 aromatic heterocycles. The summed E-state index contributed by atoms with van der Waals surface area (Å²) >= 11 is 0. The van der Waals surface area contributed by atoms with Crippen LogP contribution in [0.2, 0.25) is 0 Å². The molecule has 0 unspecified atom stereocenters. The SMILES string of the molecule is CN(Cc1ccco1)C(=O)[C@H]1CCC(=O)N(C)[C@@H]1c1ccccc1. The number of nitrogens with zero attached hydrogens (tertiary/aromatic N) is 2. The van der Waals surface area contributed by atoms with E-state index in [-0.39, 0.29) is 23.8 Å². The van der Waals surface area contributed by atoms with E-state index in [2.05, 4.69) is 0 Å². The zero-order valence-corrected chi connectivity index (χ0v) is 14.0. The molecular weight excluding hydrogens is 304 g/mol. The third-order valence-corrected chi connectivity index (χ3v) is 4.67. The van der Waals surface area contributed by atoms with Crippen molar-refractivity contribution in [2.45, 2.75) is 25.4 Å². The Morgan fingerprint density at radius 3 is 2.67 bits per heavy atom. The zero-order chi connectivity index (χ0) is 17.1. The highest BCUT2D eigenvalue weighted by atomic mass is 16.3. The van der Waals surface area contributed by atoms with E-state index in [0.29, 0.717) is 19.4 Å². The summed E-state index contributed by atoms with van der Waals surface area (Å²) < 4.78 is 5.33. The van der Waals surface area contributed by atoms with Crippen LogP contribution >= 0.6 is 0 Å². The van der Waals surface area contributed by atoms with Crippen LogP contribution in [-0.2, 0) is 16.1 Å². The van der Waals surface area contributed by atoms with Crippen molar-refractivity contribution in [2.24, 2.45) is 5.92 Å². The normalized spacial score (nSPS) is 20.9. The molecule has 0 saturated carbocycles. The Labute approximate surface area is 141 Å². The summed E-state index contributed by atoms with van der Waals surface area (Å²) in [5.41, 5.74) is 0.998. The van der Waals surface area contributed by atoms with Crippen molar-refractivity contribution >= 4 is 11.8 Å². The Balaban J connectivity index is 1.83. The van der Waals surface area contributed by atoms with Crippen molar-refractivity contribution < 1.29 is 14.0 Å². The smallest absolute Gasteiger partial charge is 0.228 e. The third-order valence-electron chi connectivity index (χ3n) is 4.67. The summed E-state index contributed by atoms with van der Waals surface area (Å²) in [7, 11) is 3.56. The van der Waals surface area contributed by atoms with Crippen molar-refractivity contribution in [3.05, 3.63) is 60.1 Å². The molecule has 2 heterocycles. The van der Waals surface area contributed by atoms with Crippen LogP contribution in [0.3, 0.4) is 0 Å². The van der Waals surface area contributed by atoms with Gasteiger partial charge in [-0.3, -0.25) is 9.59 Å². The van der Waals surface area contributed by atoms with E-state index >= 15 is 0 Å². The minimum atomic E-state index is -0.241. The van der Waals surface area contributed by atoms with Gasteiger partial charge in [-0.15, -0.1) is 0 Å². The summed E-state index contributed by atoms with van der Waals surface area (Å²) in [6.07, 6.45) is 2.59. The second kappa shape index (κ2) is 6.91. The topological polar surface area (TPSA) is 53.8 Å². The molecule has 0 bridgehead atoms. The highest BCUT2D eigenvalue weighted by Gasteiger charge is 2.39. The number of hydrogen-bond acceptors (Lipinski definition) is 3. The van der Waals surface area contributed by atoms with Gasteiger partial charge in [0.2, 0.25) is 11.8 Å². The van der Waals surface area contributed by atoms with Crippen molar-refractivity contribution in [2.75, 3.05) is 14.1 Å². The highest BCUT2D eigenvalue weighted by Crippen LogP contribution is 2.36. The number of furan rings is 1. The van der Waals surface area contributed by atoms with Gasteiger partial charge < -0.3 is 14.2 Å². The first-order valence-electron chi connectivity index (χ1n) is 8.16. The van der Waals surface area contributed by atoms with E-state index in [1.807, 2.05) is 42.5 Å². The standard InChI is InChI=1S/C19H22N2O3/c1-20(13-15-9-6-12-24-15)19(23)16-10-11-17(22)21(2)18(16)14-7-4-3-5-8-14/h3-9,12,16,18H,10-11,13H2,1-2H3/t16-,18+/m0/s1. The van der Waals surface area contributed by atoms with Crippen LogP contribution in [0.1, 0.15) is 30.2 Å². The van der Waals surface area contributed by atoms with E-state index in [9.17, 15) is 9.59 Å². The van der Waals surface area contributed by atoms with E-state index in [1.165, 1.54) is 0 Å². The zero-order valence-electron chi connectivity index (χ0n) is 14.0. The average Bonchev–Trinajstić information content (AvgIpc) is 3.10. The molecule has 0 aliphatic carbocycles. The maximum atomic E-state index is 13.0. The molecule has 0 N–H and O–H groups in total. The minimum absolute atomic E-state index is 0.0413. The summed E-state index contributed by atoms with van der Waals surface area (Å²) in [4.78, 5) is 28.6. The molecule has 5 heteroatoms. The molecule has 3 rings (SSSR count). The first-order chi connectivity index (χ1) is 11.6. The maximum Gasteiger partial charge on any atom is 0.228 e. The summed E-state index contributed by atoms with van der Waals surface area (Å²) in [5.74, 6) is 0.638. The molecule has 5 nitrogen and oxygen atoms in total. The van der Waals surface area contributed by atoms with Gasteiger partial charge in [0.05, 0.1) is 24.8 Å². The number of hydrogen-bond donors (Lipinski definition) is 0. The number of carbonyl (C=O) groups is 2. The Kier molecular flexibility index (Phi) is 4.69. The van der Waals surface area contributed by atoms with E-state index in [0.717, 1.165) is 11.3 Å². The monoisotopic (exact) mass is 326 g/mol. The minimum Gasteiger partial charge on any atom is -0.467 e. The molecule has 126 valence electrons. The van der Waals surface area contributed by atoms with E-state index in [1.54, 1.807) is 30.2 Å². The first-order valence-corrected chi connectivity index (χ1v) is 8.16. The fourth-order valence-corrected chi connectivity index (χ4v) is 3.40. The average molecular weight is 326 g/mol. The Morgan fingerprint density at radius 1 is 1.25 bits per heavy atom. The number of amides is 2. The summed E-state index contributed by atoms with van der Waals surface area (Å²) in [5, 5.41) is 0. The lowest BCUT2D eigenvalue weighted by atomic mass is 9.83. The highest BCUT2D eigenvalue weighted by molar-refractivity contribution is 5.84. The van der Waals surface area contributed by atoms with Gasteiger partial charge in [-0.2, -0.15) is 0 Å². The quantitative estimate of drug-likeness (QED) is 0.868. The van der Waals surface area contributed by atoms with Gasteiger partial charge in [0.15, 0.2) is 0 Å². The van der Waals surface area contributed by atoms with Crippen LogP contribution in [0.5, 0.6) is 0 Å². The fraction of sp³-hybridized carbons (Fsp3) is 0.368. The third kappa shape index (κ3) is 3.20. The first kappa shape index (κ1) is 16.3. The summed E-state index contributed by atoms with van der Waals surface area (Å²) in [6.45, 7) is 0.432. The molecular formula is C19H22N2O3. The molecule has 1 aliphatic rings. The number of piperidine rings is 1. The van der Waals surface area contributed by atoms with Crippen LogP contribution in [0.4, 0.5) is 0 Å². The number of likely N-dealkylation sites (tertiary alicyclic amines) is 1. The molecule has 1 fully saturated rings. The Hall–Kier alpha value is -2.56. The molecule has 1 aliphatic heterocycles. The Morgan fingerprint density at radius 2 is 2.00 bits per heavy atom. The van der Waals surface area contributed by atoms with Crippen LogP contribution in [-0.4, -0.2) is 35.7 Å². The van der Waals surface area contributed by atoms with Crippen molar-refractivity contribution in [1.82, 2.24) is 9.80 Å². The second-order valence-corrected chi connectivity index (χ2v) is 6.28. The number of benzene rings is 1. The van der Waals surface area contributed by atoms with Crippen molar-refractivity contribution in [3.8, 4) is 0 Å². The number of rotatable bonds is 4. The van der Waals surface area contributed by atoms with Crippen LogP contribution in [0, 0.1) is 5.92 Å². The largest absolute Gasteiger partial charge is 0.467 e. The van der Waals surface area contributed by atoms with Crippen LogP contribution < -0.4 is 0 Å². The van der Waals surface area contributed by atoms with Gasteiger partial charge in [-0.1, -0.05) is 30.3 Å². The molecule has 2 atom stereocenters. The predicted octanol–water partition coefficient (Wildman–Crippen LogP) is 2.85. The lowest BCUT2D eigenvalue weighted by Gasteiger charge is -2.39. The van der Waals surface area contributed by atoms with Gasteiger partial charge in [0.1, 0.15) is 5.76 Å². The van der Waals surface area contributed by atoms with Gasteiger partial charge in [-0.25, -0.2) is 0 Å². The number of carbonyl (C=O) groups excluding carboxylic acids is 2. The lowest BCUT2D eigenvalue weighted by Crippen LogP contribution is -2.46. The molecule has 0 radical (unpaired) electrons. The van der Waals surface area contributed by atoms with Crippen LogP contribution in [0.25, 0.3) is 0 Å². The molecule has 1 aromatic carbocycles. The molecule has 24 heavy (non-hydrogen) atoms. The molecule has 0 spiro atoms. The van der Waals surface area contributed by atoms with Gasteiger partial charge in [0, 0.05) is 20.5 Å². The van der Waals surface area contributed by atoms with Crippen molar-refractivity contribution in [1.29, 1.82) is 0 Å². The van der Waals surface area contributed by atoms with Gasteiger partial charge in [0.25, 0.3) is 0 Å². The molecule has 2 aromatic rings. The molecule has 2 amide bonds. The van der Waals surface area contributed by atoms with E-state index < -0.39 is 0 Å². The summed E-state index contributed by atoms with van der Waals surface area (Å²) in [6, 6.07) is 13.2. The lowest BCUT2D eigenvalue weighted by molar-refractivity contribution is -0.146. The molecule has 1 saturated heterocycles. The van der Waals surface area contributed by atoms with Gasteiger partial charge in [-0.05, 0) is 24.1 Å². The maximum absolute atomic E-state index is 13.0. The van der Waals surface area contributed by atoms with E-state index in [4.69, 9.17) is 4.42 Å².